The molecular weight excluding hydrogens is 610 g/mol. The molecule has 13 heteroatoms. The zero-order chi connectivity index (χ0) is 31.8. The van der Waals surface area contributed by atoms with E-state index in [0.717, 1.165) is 29.8 Å². The fourth-order valence-corrected chi connectivity index (χ4v) is 6.61. The molecule has 236 valence electrons. The third-order valence-electron chi connectivity index (χ3n) is 8.41. The molecule has 1 aliphatic rings. The van der Waals surface area contributed by atoms with Crippen LogP contribution >= 0.6 is 0 Å². The molecule has 0 atom stereocenters. The predicted octanol–water partition coefficient (Wildman–Crippen LogP) is 5.84. The van der Waals surface area contributed by atoms with Crippen LogP contribution in [0.15, 0.2) is 61.1 Å². The molecule has 0 aliphatic heterocycles. The number of halogens is 2. The van der Waals surface area contributed by atoms with Crippen molar-refractivity contribution in [2.45, 2.75) is 38.8 Å². The Labute approximate surface area is 264 Å². The van der Waals surface area contributed by atoms with Gasteiger partial charge >= 0.3 is 0 Å². The lowest BCUT2D eigenvalue weighted by atomic mass is 10.0. The summed E-state index contributed by atoms with van der Waals surface area (Å²) in [5.74, 6) is 0.109. The van der Waals surface area contributed by atoms with Crippen molar-refractivity contribution in [2.24, 2.45) is 5.92 Å². The normalized spacial score (nSPS) is 14.2. The fraction of sp³-hybridized carbons (Fsp3) is 0.273. The molecule has 0 bridgehead atoms. The highest BCUT2D eigenvalue weighted by molar-refractivity contribution is 7.88. The van der Waals surface area contributed by atoms with Gasteiger partial charge in [-0.05, 0) is 90.0 Å². The second-order valence-corrected chi connectivity index (χ2v) is 13.7. The number of fused-ring (bicyclic) bond motifs is 2. The molecule has 4 N–H and O–H groups in total. The first kappa shape index (κ1) is 30.1. The zero-order valence-corrected chi connectivity index (χ0v) is 25.9. The second kappa shape index (κ2) is 12.3. The van der Waals surface area contributed by atoms with Gasteiger partial charge in [-0.2, -0.15) is 5.10 Å². The first-order valence-corrected chi connectivity index (χ1v) is 17.0. The van der Waals surface area contributed by atoms with E-state index in [4.69, 9.17) is 4.98 Å². The number of aromatic amines is 2. The minimum Gasteiger partial charge on any atom is -0.321 e. The zero-order valence-electron chi connectivity index (χ0n) is 25.1. The SMILES string of the molecule is CS(=O)(=O)NCc1cc(F)cc(-c2ccnc3[nH]c(-c4n[nH]c5c(F)cc(-c6cncc(CNCC7CCCC7)c6)cc45)nc23)c1. The van der Waals surface area contributed by atoms with Gasteiger partial charge in [-0.25, -0.2) is 31.9 Å². The van der Waals surface area contributed by atoms with E-state index in [1.807, 2.05) is 18.3 Å². The van der Waals surface area contributed by atoms with Crippen molar-refractivity contribution in [3.8, 4) is 33.8 Å². The fourth-order valence-electron chi connectivity index (χ4n) is 6.18. The highest BCUT2D eigenvalue weighted by Gasteiger charge is 2.20. The van der Waals surface area contributed by atoms with Gasteiger partial charge in [0.25, 0.3) is 0 Å². The standard InChI is InChI=1S/C33H32F2N8O2S/c1-46(44,45)39-17-20-8-23(11-25(34)10-20)26-6-7-38-32-30(26)40-33(41-32)31-27-12-22(13-28(35)29(27)42-43-31)24-9-21(16-37-18-24)15-36-14-19-4-2-3-5-19/h6-13,16,18-19,36,39H,2-5,14-15,17H2,1H3,(H,42,43)(H,38,40,41). The van der Waals surface area contributed by atoms with Gasteiger partial charge in [0.15, 0.2) is 11.5 Å². The molecule has 10 nitrogen and oxygen atoms in total. The number of aromatic nitrogens is 6. The average molecular weight is 643 g/mol. The molecule has 0 saturated heterocycles. The van der Waals surface area contributed by atoms with Gasteiger partial charge < -0.3 is 10.3 Å². The van der Waals surface area contributed by atoms with Crippen LogP contribution in [0.3, 0.4) is 0 Å². The Bertz CT molecular complexity index is 2170. The van der Waals surface area contributed by atoms with Crippen molar-refractivity contribution in [2.75, 3.05) is 12.8 Å². The van der Waals surface area contributed by atoms with Crippen molar-refractivity contribution in [1.82, 2.24) is 40.2 Å². The van der Waals surface area contributed by atoms with Crippen LogP contribution in [-0.2, 0) is 23.1 Å². The Morgan fingerprint density at radius 2 is 1.78 bits per heavy atom. The number of hydrogen-bond acceptors (Lipinski definition) is 7. The van der Waals surface area contributed by atoms with Crippen LogP contribution < -0.4 is 10.0 Å². The molecule has 4 heterocycles. The number of sulfonamides is 1. The summed E-state index contributed by atoms with van der Waals surface area (Å²) in [4.78, 5) is 16.8. The summed E-state index contributed by atoms with van der Waals surface area (Å²) in [6.07, 6.45) is 11.3. The third kappa shape index (κ3) is 6.39. The number of rotatable bonds is 10. The Kier molecular flexibility index (Phi) is 8.05. The Morgan fingerprint density at radius 3 is 2.61 bits per heavy atom. The van der Waals surface area contributed by atoms with Crippen LogP contribution in [0.4, 0.5) is 8.78 Å². The number of H-pyrrole nitrogens is 2. The molecule has 1 fully saturated rings. The summed E-state index contributed by atoms with van der Waals surface area (Å²) in [5.41, 5.74) is 5.53. The smallest absolute Gasteiger partial charge is 0.209 e. The van der Waals surface area contributed by atoms with E-state index >= 15 is 4.39 Å². The van der Waals surface area contributed by atoms with Gasteiger partial charge in [-0.3, -0.25) is 10.1 Å². The quantitative estimate of drug-likeness (QED) is 0.147. The van der Waals surface area contributed by atoms with Crippen molar-refractivity contribution in [3.05, 3.63) is 83.8 Å². The van der Waals surface area contributed by atoms with E-state index in [1.54, 1.807) is 24.5 Å². The van der Waals surface area contributed by atoms with E-state index in [1.165, 1.54) is 43.9 Å². The Morgan fingerprint density at radius 1 is 0.957 bits per heavy atom. The lowest BCUT2D eigenvalue weighted by Crippen LogP contribution is -2.21. The van der Waals surface area contributed by atoms with Gasteiger partial charge in [-0.15, -0.1) is 0 Å². The molecule has 4 aromatic heterocycles. The number of hydrogen-bond donors (Lipinski definition) is 4. The predicted molar refractivity (Wildman–Crippen MR) is 173 cm³/mol. The summed E-state index contributed by atoms with van der Waals surface area (Å²) < 4.78 is 55.6. The first-order chi connectivity index (χ1) is 22.2. The van der Waals surface area contributed by atoms with Gasteiger partial charge in [0.1, 0.15) is 28.4 Å². The van der Waals surface area contributed by atoms with Crippen LogP contribution in [0.25, 0.3) is 55.8 Å². The number of nitrogens with zero attached hydrogens (tertiary/aromatic N) is 4. The molecule has 0 radical (unpaired) electrons. The summed E-state index contributed by atoms with van der Waals surface area (Å²) in [5, 5.41) is 11.3. The van der Waals surface area contributed by atoms with E-state index in [-0.39, 0.29) is 12.1 Å². The molecule has 6 aromatic rings. The summed E-state index contributed by atoms with van der Waals surface area (Å²) >= 11 is 0. The molecule has 46 heavy (non-hydrogen) atoms. The van der Waals surface area contributed by atoms with Gasteiger partial charge in [-0.1, -0.05) is 12.8 Å². The Hall–Kier alpha value is -4.59. The van der Waals surface area contributed by atoms with E-state index in [0.29, 0.717) is 56.9 Å². The minimum atomic E-state index is -3.46. The maximum Gasteiger partial charge on any atom is 0.209 e. The number of nitrogens with one attached hydrogen (secondary N) is 4. The summed E-state index contributed by atoms with van der Waals surface area (Å²) in [6.45, 7) is 1.61. The highest BCUT2D eigenvalue weighted by Crippen LogP contribution is 2.34. The molecule has 0 amide bonds. The highest BCUT2D eigenvalue weighted by atomic mass is 32.2. The summed E-state index contributed by atoms with van der Waals surface area (Å²) in [7, 11) is -3.46. The molecule has 7 rings (SSSR count). The molecule has 0 unspecified atom stereocenters. The van der Waals surface area contributed by atoms with E-state index < -0.39 is 21.7 Å². The van der Waals surface area contributed by atoms with Crippen molar-refractivity contribution in [3.63, 3.8) is 0 Å². The van der Waals surface area contributed by atoms with Gasteiger partial charge in [0.2, 0.25) is 10.0 Å². The molecule has 1 saturated carbocycles. The average Bonchev–Trinajstić information content (AvgIpc) is 3.79. The molecular formula is C33H32F2N8O2S. The van der Waals surface area contributed by atoms with E-state index in [2.05, 4.69) is 35.2 Å². The van der Waals surface area contributed by atoms with Crippen molar-refractivity contribution in [1.29, 1.82) is 0 Å². The van der Waals surface area contributed by atoms with E-state index in [9.17, 15) is 12.8 Å². The summed E-state index contributed by atoms with van der Waals surface area (Å²) in [6, 6.07) is 11.4. The Balaban J connectivity index is 1.21. The monoisotopic (exact) mass is 642 g/mol. The molecule has 2 aromatic carbocycles. The molecule has 0 spiro atoms. The van der Waals surface area contributed by atoms with Crippen LogP contribution in [0.5, 0.6) is 0 Å². The second-order valence-electron chi connectivity index (χ2n) is 11.9. The third-order valence-corrected chi connectivity index (χ3v) is 9.07. The topological polar surface area (TPSA) is 141 Å². The van der Waals surface area contributed by atoms with Crippen LogP contribution in [0.1, 0.15) is 36.8 Å². The maximum atomic E-state index is 15.4. The van der Waals surface area contributed by atoms with Crippen molar-refractivity contribution < 1.29 is 17.2 Å². The first-order valence-electron chi connectivity index (χ1n) is 15.1. The van der Waals surface area contributed by atoms with Gasteiger partial charge in [0, 0.05) is 48.2 Å². The number of imidazole rings is 1. The maximum absolute atomic E-state index is 15.4. The van der Waals surface area contributed by atoms with Gasteiger partial charge in [0.05, 0.1) is 6.26 Å². The molecule has 1 aliphatic carbocycles. The minimum absolute atomic E-state index is 0.0633. The van der Waals surface area contributed by atoms with Crippen LogP contribution in [0.2, 0.25) is 0 Å². The number of pyridine rings is 2. The largest absolute Gasteiger partial charge is 0.321 e. The lowest BCUT2D eigenvalue weighted by Gasteiger charge is -2.11. The number of benzene rings is 2. The van der Waals surface area contributed by atoms with Crippen LogP contribution in [0, 0.1) is 17.6 Å². The van der Waals surface area contributed by atoms with Crippen molar-refractivity contribution >= 4 is 32.1 Å². The van der Waals surface area contributed by atoms with Crippen LogP contribution in [-0.4, -0.2) is 51.4 Å². The lowest BCUT2D eigenvalue weighted by molar-refractivity contribution is 0.489.